The molecule has 1 aliphatic heterocycles. The van der Waals surface area contributed by atoms with Gasteiger partial charge in [0.05, 0.1) is 12.9 Å². The largest absolute Gasteiger partial charge is 0.394 e. The number of imidazole rings is 1. The number of nitrogen functional groups attached to an aromatic ring is 1. The molecule has 2 aromatic rings. The maximum Gasteiger partial charge on any atom is 0.224 e. The van der Waals surface area contributed by atoms with Crippen LogP contribution in [0, 0.1) is 0 Å². The Morgan fingerprint density at radius 2 is 2.27 bits per heavy atom. The monoisotopic (exact) mass is 312 g/mol. The van der Waals surface area contributed by atoms with Crippen LogP contribution in [-0.2, 0) is 4.74 Å². The molecule has 1 aliphatic rings. The maximum atomic E-state index is 14.9. The van der Waals surface area contributed by atoms with Crippen LogP contribution in [0.25, 0.3) is 11.2 Å². The Balaban J connectivity index is 2.13. The molecule has 9 nitrogen and oxygen atoms in total. The molecule has 5 N–H and O–H groups in total. The van der Waals surface area contributed by atoms with Gasteiger partial charge in [0, 0.05) is 7.05 Å². The second-order valence-electron chi connectivity index (χ2n) is 5.31. The number of nitrogens with zero attached hydrogens (tertiary/aromatic N) is 4. The standard InChI is InChI=1S/C12H17FN6O3/c1-12(13)7(21)5(3-20)22-10(12)19-4-16-6-8(15-2)17-11(14)18-9(6)19/h4-5,7,10,20-21H,3H2,1-2H3,(H3,14,15,17,18)/t5-,7-,10-,12-/m1/s1. The van der Waals surface area contributed by atoms with Crippen LogP contribution in [0.15, 0.2) is 6.33 Å². The van der Waals surface area contributed by atoms with Gasteiger partial charge in [-0.15, -0.1) is 0 Å². The van der Waals surface area contributed by atoms with Gasteiger partial charge in [0.1, 0.15) is 12.2 Å². The second-order valence-corrected chi connectivity index (χ2v) is 5.31. The van der Waals surface area contributed by atoms with E-state index in [0.29, 0.717) is 11.3 Å². The number of ether oxygens (including phenoxy) is 1. The number of anilines is 2. The van der Waals surface area contributed by atoms with Crippen LogP contribution in [0.3, 0.4) is 0 Å². The fraction of sp³-hybridized carbons (Fsp3) is 0.583. The number of aromatic nitrogens is 4. The Morgan fingerprint density at radius 3 is 2.86 bits per heavy atom. The zero-order valence-corrected chi connectivity index (χ0v) is 12.1. The highest BCUT2D eigenvalue weighted by molar-refractivity contribution is 5.84. The molecular weight excluding hydrogens is 295 g/mol. The van der Waals surface area contributed by atoms with Gasteiger partial charge < -0.3 is 26.0 Å². The Morgan fingerprint density at radius 1 is 1.55 bits per heavy atom. The van der Waals surface area contributed by atoms with Crippen molar-refractivity contribution >= 4 is 22.9 Å². The van der Waals surface area contributed by atoms with Crippen LogP contribution in [0.1, 0.15) is 13.2 Å². The first-order valence-electron chi connectivity index (χ1n) is 6.71. The molecular formula is C12H17FN6O3. The van der Waals surface area contributed by atoms with Crippen LogP contribution < -0.4 is 11.1 Å². The van der Waals surface area contributed by atoms with E-state index in [1.54, 1.807) is 7.05 Å². The lowest BCUT2D eigenvalue weighted by Crippen LogP contribution is -2.40. The van der Waals surface area contributed by atoms with Gasteiger partial charge in [0.25, 0.3) is 0 Å². The Bertz CT molecular complexity index is 705. The molecule has 2 aromatic heterocycles. The summed E-state index contributed by atoms with van der Waals surface area (Å²) in [5.74, 6) is 0.399. The lowest BCUT2D eigenvalue weighted by Gasteiger charge is -2.24. The van der Waals surface area contributed by atoms with Gasteiger partial charge in [-0.25, -0.2) is 9.37 Å². The summed E-state index contributed by atoms with van der Waals surface area (Å²) in [6, 6.07) is 0. The summed E-state index contributed by atoms with van der Waals surface area (Å²) in [4.78, 5) is 12.2. The number of aliphatic hydroxyl groups is 2. The molecule has 4 atom stereocenters. The zero-order valence-electron chi connectivity index (χ0n) is 12.1. The highest BCUT2D eigenvalue weighted by Crippen LogP contribution is 2.42. The Kier molecular flexibility index (Phi) is 3.38. The van der Waals surface area contributed by atoms with Gasteiger partial charge in [-0.3, -0.25) is 4.57 Å². The van der Waals surface area contributed by atoms with Gasteiger partial charge in [-0.2, -0.15) is 9.97 Å². The third kappa shape index (κ3) is 1.99. The summed E-state index contributed by atoms with van der Waals surface area (Å²) >= 11 is 0. The number of alkyl halides is 1. The zero-order chi connectivity index (χ0) is 16.1. The number of halogens is 1. The van der Waals surface area contributed by atoms with Crippen molar-refractivity contribution in [2.45, 2.75) is 31.0 Å². The lowest BCUT2D eigenvalue weighted by atomic mass is 9.98. The Labute approximate surface area is 124 Å². The molecule has 0 unspecified atom stereocenters. The molecule has 10 heteroatoms. The molecule has 120 valence electrons. The number of nitrogens with two attached hydrogens (primary N) is 1. The molecule has 0 aromatic carbocycles. The molecule has 22 heavy (non-hydrogen) atoms. The van der Waals surface area contributed by atoms with Crippen LogP contribution in [0.4, 0.5) is 16.2 Å². The van der Waals surface area contributed by atoms with Crippen molar-refractivity contribution in [2.75, 3.05) is 24.7 Å². The number of fused-ring (bicyclic) bond motifs is 1. The van der Waals surface area contributed by atoms with Crippen molar-refractivity contribution in [3.8, 4) is 0 Å². The summed E-state index contributed by atoms with van der Waals surface area (Å²) in [7, 11) is 1.65. The van der Waals surface area contributed by atoms with E-state index in [9.17, 15) is 14.6 Å². The molecule has 1 fully saturated rings. The van der Waals surface area contributed by atoms with E-state index >= 15 is 0 Å². The highest BCUT2D eigenvalue weighted by Gasteiger charge is 2.55. The van der Waals surface area contributed by atoms with Gasteiger partial charge in [-0.1, -0.05) is 0 Å². The first kappa shape index (κ1) is 14.9. The predicted molar refractivity (Wildman–Crippen MR) is 75.8 cm³/mol. The van der Waals surface area contributed by atoms with Gasteiger partial charge >= 0.3 is 0 Å². The van der Waals surface area contributed by atoms with E-state index < -0.39 is 30.7 Å². The van der Waals surface area contributed by atoms with Crippen molar-refractivity contribution in [3.05, 3.63) is 6.33 Å². The summed E-state index contributed by atoms with van der Waals surface area (Å²) in [5.41, 5.74) is 4.20. The number of aliphatic hydroxyl groups excluding tert-OH is 2. The normalized spacial score (nSPS) is 31.8. The van der Waals surface area contributed by atoms with Crippen molar-refractivity contribution in [2.24, 2.45) is 0 Å². The molecule has 0 bridgehead atoms. The summed E-state index contributed by atoms with van der Waals surface area (Å²) < 4.78 is 21.6. The highest BCUT2D eigenvalue weighted by atomic mass is 19.1. The first-order valence-corrected chi connectivity index (χ1v) is 6.71. The van der Waals surface area contributed by atoms with E-state index in [2.05, 4.69) is 20.3 Å². The third-order valence-corrected chi connectivity index (χ3v) is 3.83. The average molecular weight is 312 g/mol. The minimum atomic E-state index is -2.12. The number of hydrogen-bond donors (Lipinski definition) is 4. The Hall–Kier alpha value is -2.04. The topological polar surface area (TPSA) is 131 Å². The van der Waals surface area contributed by atoms with E-state index in [1.807, 2.05) is 0 Å². The fourth-order valence-electron chi connectivity index (χ4n) is 2.64. The quantitative estimate of drug-likeness (QED) is 0.592. The molecule has 3 heterocycles. The fourth-order valence-corrected chi connectivity index (χ4v) is 2.64. The molecule has 0 aliphatic carbocycles. The van der Waals surface area contributed by atoms with Crippen molar-refractivity contribution in [1.82, 2.24) is 19.5 Å². The summed E-state index contributed by atoms with van der Waals surface area (Å²) in [6.45, 7) is 0.704. The molecule has 0 amide bonds. The van der Waals surface area contributed by atoms with Gasteiger partial charge in [0.2, 0.25) is 5.95 Å². The van der Waals surface area contributed by atoms with Crippen LogP contribution in [0.5, 0.6) is 0 Å². The smallest absolute Gasteiger partial charge is 0.224 e. The second kappa shape index (κ2) is 5.00. The van der Waals surface area contributed by atoms with Crippen LogP contribution in [-0.4, -0.2) is 61.3 Å². The van der Waals surface area contributed by atoms with Gasteiger partial charge in [0.15, 0.2) is 28.9 Å². The molecule has 0 spiro atoms. The molecule has 3 rings (SSSR count). The molecule has 0 radical (unpaired) electrons. The van der Waals surface area contributed by atoms with E-state index in [0.717, 1.165) is 0 Å². The van der Waals surface area contributed by atoms with Gasteiger partial charge in [-0.05, 0) is 6.92 Å². The number of nitrogens with one attached hydrogen (secondary N) is 1. The maximum absolute atomic E-state index is 14.9. The van der Waals surface area contributed by atoms with Crippen molar-refractivity contribution in [1.29, 1.82) is 0 Å². The van der Waals surface area contributed by atoms with Crippen molar-refractivity contribution in [3.63, 3.8) is 0 Å². The summed E-state index contributed by atoms with van der Waals surface area (Å²) in [6.07, 6.45) is -2.35. The number of hydrogen-bond acceptors (Lipinski definition) is 8. The SMILES string of the molecule is CNc1nc(N)nc2c1ncn2[C@@H]1O[C@H](CO)[C@@H](O)[C@@]1(C)F. The lowest BCUT2D eigenvalue weighted by molar-refractivity contribution is -0.0566. The van der Waals surface area contributed by atoms with Crippen molar-refractivity contribution < 1.29 is 19.3 Å². The summed E-state index contributed by atoms with van der Waals surface area (Å²) in [5, 5.41) is 22.0. The average Bonchev–Trinajstić information content (AvgIpc) is 2.98. The molecule has 1 saturated heterocycles. The first-order chi connectivity index (χ1) is 10.4. The minimum Gasteiger partial charge on any atom is -0.394 e. The van der Waals surface area contributed by atoms with E-state index in [4.69, 9.17) is 10.5 Å². The third-order valence-electron chi connectivity index (χ3n) is 3.83. The van der Waals surface area contributed by atoms with Crippen LogP contribution in [0.2, 0.25) is 0 Å². The molecule has 0 saturated carbocycles. The minimum absolute atomic E-state index is 0.00332. The number of rotatable bonds is 3. The predicted octanol–water partition coefficient (Wildman–Crippen LogP) is -0.571. The van der Waals surface area contributed by atoms with E-state index in [1.165, 1.54) is 17.8 Å². The van der Waals surface area contributed by atoms with Crippen LogP contribution >= 0.6 is 0 Å². The van der Waals surface area contributed by atoms with E-state index in [-0.39, 0.29) is 11.6 Å².